The molecule has 1 aliphatic rings. The first kappa shape index (κ1) is 13.8. The second-order valence-electron chi connectivity index (χ2n) is 5.92. The van der Waals surface area contributed by atoms with Crippen LogP contribution in [0.2, 0.25) is 0 Å². The van der Waals surface area contributed by atoms with Gasteiger partial charge in [0.1, 0.15) is 0 Å². The van der Waals surface area contributed by atoms with Gasteiger partial charge in [0.05, 0.1) is 5.60 Å². The number of β-amino-alcohol motifs (C(OH)–C–C–N with tert-alkyl or cyclic N) is 1. The average molecular weight is 281 g/mol. The molecule has 2 aromatic carbocycles. The van der Waals surface area contributed by atoms with Crippen LogP contribution in [0.1, 0.15) is 23.7 Å². The highest BCUT2D eigenvalue weighted by Gasteiger charge is 2.34. The molecule has 0 bridgehead atoms. The Morgan fingerprint density at radius 3 is 2.24 bits per heavy atom. The van der Waals surface area contributed by atoms with E-state index in [9.17, 15) is 9.90 Å². The second-order valence-corrected chi connectivity index (χ2v) is 5.92. The molecule has 1 amide bonds. The van der Waals surface area contributed by atoms with E-state index in [0.29, 0.717) is 25.1 Å². The first-order chi connectivity index (χ1) is 10.1. The monoisotopic (exact) mass is 281 g/mol. The summed E-state index contributed by atoms with van der Waals surface area (Å²) in [6.07, 6.45) is 0.640. The number of aliphatic hydroxyl groups is 1. The fraction of sp³-hybridized carbons (Fsp3) is 0.278. The van der Waals surface area contributed by atoms with E-state index in [2.05, 4.69) is 12.1 Å². The van der Waals surface area contributed by atoms with Crippen LogP contribution in [0.3, 0.4) is 0 Å². The van der Waals surface area contributed by atoms with Crippen molar-refractivity contribution in [1.29, 1.82) is 0 Å². The van der Waals surface area contributed by atoms with E-state index in [1.165, 1.54) is 0 Å². The number of rotatable bonds is 2. The van der Waals surface area contributed by atoms with E-state index in [4.69, 9.17) is 0 Å². The van der Waals surface area contributed by atoms with Gasteiger partial charge in [-0.05, 0) is 36.6 Å². The number of carbonyl (C=O) groups is 1. The normalized spacial score (nSPS) is 21.5. The molecule has 0 aliphatic carbocycles. The number of nitrogens with zero attached hydrogens (tertiary/aromatic N) is 1. The van der Waals surface area contributed by atoms with E-state index >= 15 is 0 Å². The van der Waals surface area contributed by atoms with Gasteiger partial charge in [0.25, 0.3) is 5.91 Å². The van der Waals surface area contributed by atoms with Crippen molar-refractivity contribution < 1.29 is 9.90 Å². The largest absolute Gasteiger partial charge is 0.388 e. The van der Waals surface area contributed by atoms with Crippen LogP contribution in [0.4, 0.5) is 0 Å². The molecule has 3 nitrogen and oxygen atoms in total. The van der Waals surface area contributed by atoms with Crippen LogP contribution in [0.5, 0.6) is 0 Å². The van der Waals surface area contributed by atoms with Gasteiger partial charge >= 0.3 is 0 Å². The van der Waals surface area contributed by atoms with E-state index in [1.807, 2.05) is 42.5 Å². The van der Waals surface area contributed by atoms with Crippen LogP contribution in [0, 0.1) is 0 Å². The quantitative estimate of drug-likeness (QED) is 0.919. The van der Waals surface area contributed by atoms with E-state index in [-0.39, 0.29) is 5.91 Å². The molecule has 2 aromatic rings. The van der Waals surface area contributed by atoms with E-state index in [0.717, 1.165) is 11.1 Å². The van der Waals surface area contributed by atoms with Crippen LogP contribution in [0.25, 0.3) is 11.1 Å². The lowest BCUT2D eigenvalue weighted by molar-refractivity contribution is 0.0572. The predicted octanol–water partition coefficient (Wildman–Crippen LogP) is 2.95. The summed E-state index contributed by atoms with van der Waals surface area (Å²) in [5.74, 6) is -0.00705. The molecular weight excluding hydrogens is 262 g/mol. The molecule has 0 aromatic heterocycles. The fourth-order valence-corrected chi connectivity index (χ4v) is 2.74. The molecule has 0 radical (unpaired) electrons. The molecule has 1 fully saturated rings. The summed E-state index contributed by atoms with van der Waals surface area (Å²) in [7, 11) is 0. The Balaban J connectivity index is 1.77. The first-order valence-corrected chi connectivity index (χ1v) is 7.22. The molecule has 1 N–H and O–H groups in total. The van der Waals surface area contributed by atoms with Gasteiger partial charge in [-0.15, -0.1) is 0 Å². The van der Waals surface area contributed by atoms with Crippen LogP contribution in [0.15, 0.2) is 54.6 Å². The zero-order valence-electron chi connectivity index (χ0n) is 12.1. The summed E-state index contributed by atoms with van der Waals surface area (Å²) in [5.41, 5.74) is 2.16. The lowest BCUT2D eigenvalue weighted by Crippen LogP contribution is -2.33. The molecule has 1 unspecified atom stereocenters. The SMILES string of the molecule is CC1(O)CCN(C(=O)c2ccc(-c3ccccc3)cc2)C1. The molecule has 1 heterocycles. The van der Waals surface area contributed by atoms with Crippen molar-refractivity contribution in [1.82, 2.24) is 4.90 Å². The van der Waals surface area contributed by atoms with Crippen molar-refractivity contribution >= 4 is 5.91 Å². The maximum absolute atomic E-state index is 12.4. The summed E-state index contributed by atoms with van der Waals surface area (Å²) in [5, 5.41) is 9.96. The summed E-state index contributed by atoms with van der Waals surface area (Å²) >= 11 is 0. The topological polar surface area (TPSA) is 40.5 Å². The number of hydrogen-bond acceptors (Lipinski definition) is 2. The van der Waals surface area contributed by atoms with Gasteiger partial charge in [-0.2, -0.15) is 0 Å². The molecule has 0 saturated carbocycles. The zero-order valence-corrected chi connectivity index (χ0v) is 12.1. The highest BCUT2D eigenvalue weighted by atomic mass is 16.3. The molecule has 3 heteroatoms. The average Bonchev–Trinajstić information content (AvgIpc) is 2.88. The summed E-state index contributed by atoms with van der Waals surface area (Å²) in [6.45, 7) is 2.80. The van der Waals surface area contributed by atoms with Crippen molar-refractivity contribution in [3.63, 3.8) is 0 Å². The maximum Gasteiger partial charge on any atom is 0.253 e. The van der Waals surface area contributed by atoms with Crippen molar-refractivity contribution in [2.45, 2.75) is 18.9 Å². The minimum absolute atomic E-state index is 0.00705. The van der Waals surface area contributed by atoms with Crippen molar-refractivity contribution in [3.05, 3.63) is 60.2 Å². The molecular formula is C18H19NO2. The number of likely N-dealkylation sites (tertiary alicyclic amines) is 1. The van der Waals surface area contributed by atoms with Gasteiger partial charge in [0.15, 0.2) is 0 Å². The predicted molar refractivity (Wildman–Crippen MR) is 83.0 cm³/mol. The fourth-order valence-electron chi connectivity index (χ4n) is 2.74. The molecule has 3 rings (SSSR count). The highest BCUT2D eigenvalue weighted by molar-refractivity contribution is 5.95. The molecule has 21 heavy (non-hydrogen) atoms. The Hall–Kier alpha value is -2.13. The Morgan fingerprint density at radius 2 is 1.67 bits per heavy atom. The molecule has 108 valence electrons. The van der Waals surface area contributed by atoms with Gasteiger partial charge < -0.3 is 10.0 Å². The minimum atomic E-state index is -0.750. The Labute approximate surface area is 124 Å². The standard InChI is InChI=1S/C18H19NO2/c1-18(21)11-12-19(13-18)17(20)16-9-7-15(8-10-16)14-5-3-2-4-6-14/h2-10,21H,11-13H2,1H3. The third-order valence-corrected chi connectivity index (χ3v) is 3.98. The van der Waals surface area contributed by atoms with E-state index < -0.39 is 5.60 Å². The van der Waals surface area contributed by atoms with Crippen LogP contribution < -0.4 is 0 Å². The van der Waals surface area contributed by atoms with Gasteiger partial charge in [0, 0.05) is 18.7 Å². The number of amides is 1. The maximum atomic E-state index is 12.4. The number of carbonyl (C=O) groups excluding carboxylic acids is 1. The van der Waals surface area contributed by atoms with Crippen molar-refractivity contribution in [2.75, 3.05) is 13.1 Å². The summed E-state index contributed by atoms with van der Waals surface area (Å²) in [4.78, 5) is 14.1. The van der Waals surface area contributed by atoms with Crippen molar-refractivity contribution in [2.24, 2.45) is 0 Å². The summed E-state index contributed by atoms with van der Waals surface area (Å²) in [6, 6.07) is 17.7. The lowest BCUT2D eigenvalue weighted by Gasteiger charge is -2.19. The molecule has 1 atom stereocenters. The zero-order chi connectivity index (χ0) is 14.9. The second kappa shape index (κ2) is 5.34. The molecule has 1 aliphatic heterocycles. The number of hydrogen-bond donors (Lipinski definition) is 1. The Kier molecular flexibility index (Phi) is 3.52. The minimum Gasteiger partial charge on any atom is -0.388 e. The van der Waals surface area contributed by atoms with Gasteiger partial charge in [-0.25, -0.2) is 0 Å². The van der Waals surface area contributed by atoms with Gasteiger partial charge in [0.2, 0.25) is 0 Å². The smallest absolute Gasteiger partial charge is 0.253 e. The van der Waals surface area contributed by atoms with Gasteiger partial charge in [-0.3, -0.25) is 4.79 Å². The number of benzene rings is 2. The Bertz CT molecular complexity index is 632. The summed E-state index contributed by atoms with van der Waals surface area (Å²) < 4.78 is 0. The Morgan fingerprint density at radius 1 is 1.05 bits per heavy atom. The lowest BCUT2D eigenvalue weighted by atomic mass is 10.0. The highest BCUT2D eigenvalue weighted by Crippen LogP contribution is 2.24. The third kappa shape index (κ3) is 2.98. The third-order valence-electron chi connectivity index (χ3n) is 3.98. The molecule has 0 spiro atoms. The van der Waals surface area contributed by atoms with Gasteiger partial charge in [-0.1, -0.05) is 42.5 Å². The van der Waals surface area contributed by atoms with Crippen LogP contribution in [-0.4, -0.2) is 34.6 Å². The van der Waals surface area contributed by atoms with Crippen LogP contribution in [-0.2, 0) is 0 Å². The van der Waals surface area contributed by atoms with E-state index in [1.54, 1.807) is 11.8 Å². The molecule has 1 saturated heterocycles. The van der Waals surface area contributed by atoms with Crippen molar-refractivity contribution in [3.8, 4) is 11.1 Å². The van der Waals surface area contributed by atoms with Crippen LogP contribution >= 0.6 is 0 Å². The first-order valence-electron chi connectivity index (χ1n) is 7.22.